The van der Waals surface area contributed by atoms with Crippen LogP contribution in [0, 0.1) is 0 Å². The molecule has 0 heterocycles. The lowest BCUT2D eigenvalue weighted by Crippen LogP contribution is -2.47. The molecule has 2 aromatic carbocycles. The Hall–Kier alpha value is -1.55. The molecule has 0 aliphatic carbocycles. The van der Waals surface area contributed by atoms with Gasteiger partial charge in [0.25, 0.3) is 0 Å². The van der Waals surface area contributed by atoms with Crippen molar-refractivity contribution in [3.05, 3.63) is 59.6 Å². The predicted octanol–water partition coefficient (Wildman–Crippen LogP) is 3.35. The number of benzene rings is 2. The average molecular weight is 307 g/mol. The summed E-state index contributed by atoms with van der Waals surface area (Å²) >= 11 is 6.03. The van der Waals surface area contributed by atoms with Crippen LogP contribution < -0.4 is 9.22 Å². The normalized spacial score (nSPS) is 13.0. The van der Waals surface area contributed by atoms with E-state index in [1.807, 2.05) is 68.7 Å². The summed E-state index contributed by atoms with van der Waals surface area (Å²) < 4.78 is 6.13. The Morgan fingerprint density at radius 3 is 2.48 bits per heavy atom. The summed E-state index contributed by atoms with van der Waals surface area (Å²) in [7, 11) is 4.08. The fraction of sp³-hybridized carbons (Fsp3) is 0.294. The van der Waals surface area contributed by atoms with E-state index in [2.05, 4.69) is 0 Å². The van der Waals surface area contributed by atoms with Crippen LogP contribution in [-0.4, -0.2) is 38.5 Å². The first-order valence-corrected chi connectivity index (χ1v) is 7.30. The number of nitrogens with zero attached hydrogens (tertiary/aromatic N) is 1. The van der Waals surface area contributed by atoms with E-state index in [-0.39, 0.29) is 6.61 Å². The second kappa shape index (κ2) is 6.94. The van der Waals surface area contributed by atoms with E-state index in [4.69, 9.17) is 16.3 Å². The maximum atomic E-state index is 10.2. The summed E-state index contributed by atoms with van der Waals surface area (Å²) in [4.78, 5) is 0. The molecule has 0 saturated carbocycles. The topological polar surface area (TPSA) is 29.5 Å². The summed E-state index contributed by atoms with van der Waals surface area (Å²) in [5, 5.41) is 10.9. The van der Waals surface area contributed by atoms with Crippen LogP contribution in [0.4, 0.5) is 5.69 Å². The lowest BCUT2D eigenvalue weighted by molar-refractivity contribution is 0.0841. The van der Waals surface area contributed by atoms with Crippen molar-refractivity contribution in [3.8, 4) is 5.75 Å². The summed E-state index contributed by atoms with van der Waals surface area (Å²) in [5.41, 5.74) is 1.06. The van der Waals surface area contributed by atoms with Crippen LogP contribution in [0.25, 0.3) is 0 Å². The number of hydrogen-bond donors (Lipinski definition) is 1. The molecule has 2 aromatic rings. The molecule has 2 rings (SSSR count). The smallest absolute Gasteiger partial charge is 0.137 e. The first-order chi connectivity index (χ1) is 9.97. The zero-order valence-electron chi connectivity index (χ0n) is 12.4. The molecule has 0 aliphatic heterocycles. The highest BCUT2D eigenvalue weighted by Crippen LogP contribution is 2.23. The van der Waals surface area contributed by atoms with E-state index in [0.29, 0.717) is 16.1 Å². The van der Waals surface area contributed by atoms with Crippen LogP contribution in [0.15, 0.2) is 54.6 Å². The van der Waals surface area contributed by atoms with Gasteiger partial charge in [0.05, 0.1) is 14.1 Å². The van der Waals surface area contributed by atoms with Gasteiger partial charge in [0.1, 0.15) is 30.7 Å². The molecular formula is C17H21ClNO2+. The number of quaternary nitrogens is 1. The Bertz CT molecular complexity index is 572. The molecule has 0 spiro atoms. The third-order valence-electron chi connectivity index (χ3n) is 3.36. The van der Waals surface area contributed by atoms with Crippen molar-refractivity contribution in [1.82, 2.24) is 4.48 Å². The summed E-state index contributed by atoms with van der Waals surface area (Å²) in [6, 6.07) is 17.2. The third-order valence-corrected chi connectivity index (χ3v) is 3.60. The number of para-hydroxylation sites is 1. The van der Waals surface area contributed by atoms with Crippen molar-refractivity contribution in [2.45, 2.75) is 6.10 Å². The van der Waals surface area contributed by atoms with Crippen molar-refractivity contribution >= 4 is 17.3 Å². The molecular weight excluding hydrogens is 286 g/mol. The van der Waals surface area contributed by atoms with Crippen molar-refractivity contribution in [2.24, 2.45) is 0 Å². The summed E-state index contributed by atoms with van der Waals surface area (Å²) in [5.74, 6) is 0.768. The predicted molar refractivity (Wildman–Crippen MR) is 87.9 cm³/mol. The molecule has 0 aromatic heterocycles. The molecule has 0 radical (unpaired) electrons. The number of aliphatic hydroxyl groups excluding tert-OH is 1. The minimum Gasteiger partial charge on any atom is -0.491 e. The van der Waals surface area contributed by atoms with Crippen molar-refractivity contribution < 1.29 is 9.84 Å². The lowest BCUT2D eigenvalue weighted by Gasteiger charge is -2.31. The van der Waals surface area contributed by atoms with Gasteiger partial charge < -0.3 is 9.84 Å². The Balaban J connectivity index is 1.93. The first-order valence-electron chi connectivity index (χ1n) is 6.92. The van der Waals surface area contributed by atoms with E-state index in [9.17, 15) is 5.11 Å². The highest BCUT2D eigenvalue weighted by atomic mass is 35.5. The van der Waals surface area contributed by atoms with Crippen LogP contribution in [-0.2, 0) is 0 Å². The fourth-order valence-electron chi connectivity index (χ4n) is 2.25. The molecule has 0 fully saturated rings. The lowest BCUT2D eigenvalue weighted by atomic mass is 10.2. The standard InChI is InChI=1S/C17H21ClNO2/c1-19(2,15-8-6-7-14(18)11-15)12-16(20)13-21-17-9-4-3-5-10-17/h3-11,16,20H,12-13H2,1-2H3/q+1. The number of rotatable bonds is 6. The van der Waals surface area contributed by atoms with E-state index >= 15 is 0 Å². The molecule has 0 saturated heterocycles. The maximum absolute atomic E-state index is 10.2. The van der Waals surface area contributed by atoms with E-state index < -0.39 is 6.10 Å². The van der Waals surface area contributed by atoms with Gasteiger partial charge in [0.2, 0.25) is 0 Å². The minimum atomic E-state index is -0.556. The van der Waals surface area contributed by atoms with Gasteiger partial charge >= 0.3 is 0 Å². The Kier molecular flexibility index (Phi) is 5.23. The van der Waals surface area contributed by atoms with E-state index in [1.165, 1.54) is 0 Å². The monoisotopic (exact) mass is 306 g/mol. The zero-order chi connectivity index (χ0) is 15.3. The second-order valence-electron chi connectivity index (χ2n) is 5.63. The maximum Gasteiger partial charge on any atom is 0.137 e. The van der Waals surface area contributed by atoms with Gasteiger partial charge in [-0.15, -0.1) is 0 Å². The summed E-state index contributed by atoms with van der Waals surface area (Å²) in [6.45, 7) is 0.819. The number of aliphatic hydroxyl groups is 1. The second-order valence-corrected chi connectivity index (χ2v) is 6.06. The van der Waals surface area contributed by atoms with Gasteiger partial charge in [-0.25, -0.2) is 0 Å². The number of likely N-dealkylation sites (N-methyl/N-ethyl adjacent to an activating group) is 1. The van der Waals surface area contributed by atoms with Gasteiger partial charge in [-0.2, -0.15) is 0 Å². The van der Waals surface area contributed by atoms with Crippen molar-refractivity contribution in [1.29, 1.82) is 0 Å². The van der Waals surface area contributed by atoms with Gasteiger partial charge in [-0.1, -0.05) is 35.9 Å². The van der Waals surface area contributed by atoms with Gasteiger partial charge in [-0.05, 0) is 24.3 Å². The molecule has 1 unspecified atom stereocenters. The summed E-state index contributed by atoms with van der Waals surface area (Å²) in [6.07, 6.45) is -0.556. The minimum absolute atomic E-state index is 0.270. The van der Waals surface area contributed by atoms with E-state index in [1.54, 1.807) is 0 Å². The highest BCUT2D eigenvalue weighted by molar-refractivity contribution is 6.30. The van der Waals surface area contributed by atoms with Gasteiger partial charge in [0.15, 0.2) is 0 Å². The molecule has 0 amide bonds. The quantitative estimate of drug-likeness (QED) is 0.829. The van der Waals surface area contributed by atoms with Crippen LogP contribution in [0.5, 0.6) is 5.75 Å². The zero-order valence-corrected chi connectivity index (χ0v) is 13.1. The van der Waals surface area contributed by atoms with Crippen LogP contribution in [0.2, 0.25) is 5.02 Å². The SMILES string of the molecule is C[N+](C)(CC(O)COc1ccccc1)c1cccc(Cl)c1. The highest BCUT2D eigenvalue weighted by Gasteiger charge is 2.24. The Morgan fingerprint density at radius 2 is 1.81 bits per heavy atom. The molecule has 4 heteroatoms. The molecule has 112 valence electrons. The van der Waals surface area contributed by atoms with Gasteiger partial charge in [-0.3, -0.25) is 4.48 Å². The third kappa shape index (κ3) is 4.74. The van der Waals surface area contributed by atoms with Crippen LogP contribution in [0.1, 0.15) is 0 Å². The fourth-order valence-corrected chi connectivity index (χ4v) is 2.43. The molecule has 0 aliphatic rings. The van der Waals surface area contributed by atoms with E-state index in [0.717, 1.165) is 11.4 Å². The molecule has 21 heavy (non-hydrogen) atoms. The number of halogens is 1. The first kappa shape index (κ1) is 15.8. The van der Waals surface area contributed by atoms with Crippen LogP contribution >= 0.6 is 11.6 Å². The molecule has 0 bridgehead atoms. The van der Waals surface area contributed by atoms with Crippen molar-refractivity contribution in [2.75, 3.05) is 27.2 Å². The number of hydrogen-bond acceptors (Lipinski definition) is 2. The van der Waals surface area contributed by atoms with Gasteiger partial charge in [0, 0.05) is 11.1 Å². The van der Waals surface area contributed by atoms with Crippen LogP contribution in [0.3, 0.4) is 0 Å². The molecule has 1 atom stereocenters. The molecule has 3 nitrogen and oxygen atoms in total. The van der Waals surface area contributed by atoms with Crippen molar-refractivity contribution in [3.63, 3.8) is 0 Å². The molecule has 1 N–H and O–H groups in total. The average Bonchev–Trinajstić information content (AvgIpc) is 2.46. The number of ether oxygens (including phenoxy) is 1. The largest absolute Gasteiger partial charge is 0.491 e. The Labute approximate surface area is 130 Å². The Morgan fingerprint density at radius 1 is 1.10 bits per heavy atom.